The van der Waals surface area contributed by atoms with Crippen molar-refractivity contribution in [3.8, 4) is 23.1 Å². The topological polar surface area (TPSA) is 66.6 Å². The molecule has 5 heteroatoms. The predicted molar refractivity (Wildman–Crippen MR) is 68.3 cm³/mol. The van der Waals surface area contributed by atoms with Crippen molar-refractivity contribution in [3.63, 3.8) is 0 Å². The first-order chi connectivity index (χ1) is 8.72. The molecule has 18 heavy (non-hydrogen) atoms. The highest BCUT2D eigenvalue weighted by atomic mass is 16.5. The van der Waals surface area contributed by atoms with Crippen LogP contribution in [0.15, 0.2) is 36.5 Å². The average Bonchev–Trinajstić information content (AvgIpc) is 2.42. The second-order valence-corrected chi connectivity index (χ2v) is 3.54. The van der Waals surface area contributed by atoms with Crippen LogP contribution in [0.25, 0.3) is 0 Å². The summed E-state index contributed by atoms with van der Waals surface area (Å²) < 4.78 is 15.7. The molecule has 1 aromatic carbocycles. The summed E-state index contributed by atoms with van der Waals surface area (Å²) in [5.41, 5.74) is 6.34. The fraction of sp³-hybridized carbons (Fsp3) is 0.154. The molecule has 1 aromatic heterocycles. The van der Waals surface area contributed by atoms with Crippen molar-refractivity contribution in [2.75, 3.05) is 20.0 Å². The molecule has 0 saturated carbocycles. The summed E-state index contributed by atoms with van der Waals surface area (Å²) in [5, 5.41) is 0. The van der Waals surface area contributed by atoms with Gasteiger partial charge >= 0.3 is 0 Å². The third kappa shape index (κ3) is 2.63. The number of nitrogens with zero attached hydrogens (tertiary/aromatic N) is 1. The normalized spacial score (nSPS) is 9.89. The minimum absolute atomic E-state index is 0.441. The van der Waals surface area contributed by atoms with Gasteiger partial charge in [0.05, 0.1) is 26.1 Å². The number of ether oxygens (including phenoxy) is 3. The van der Waals surface area contributed by atoms with Gasteiger partial charge in [-0.1, -0.05) is 0 Å². The third-order valence-corrected chi connectivity index (χ3v) is 2.38. The Balaban J connectivity index is 2.21. The van der Waals surface area contributed by atoms with Crippen LogP contribution >= 0.6 is 0 Å². The SMILES string of the molecule is COc1ccc(Oc2cc(OC)ccc2N)nc1. The summed E-state index contributed by atoms with van der Waals surface area (Å²) in [4.78, 5) is 4.10. The molecule has 0 spiro atoms. The molecule has 0 saturated heterocycles. The van der Waals surface area contributed by atoms with Crippen molar-refractivity contribution in [3.05, 3.63) is 36.5 Å². The molecule has 0 fully saturated rings. The number of aromatic nitrogens is 1. The van der Waals surface area contributed by atoms with Crippen LogP contribution in [0.3, 0.4) is 0 Å². The predicted octanol–water partition coefficient (Wildman–Crippen LogP) is 2.47. The molecule has 94 valence electrons. The standard InChI is InChI=1S/C13H14N2O3/c1-16-9-3-5-11(14)12(7-9)18-13-6-4-10(17-2)8-15-13/h3-8H,14H2,1-2H3. The molecular weight excluding hydrogens is 232 g/mol. The molecule has 1 heterocycles. The number of methoxy groups -OCH3 is 2. The van der Waals surface area contributed by atoms with Gasteiger partial charge in [-0.25, -0.2) is 4.98 Å². The number of benzene rings is 1. The van der Waals surface area contributed by atoms with Gasteiger partial charge in [0.1, 0.15) is 11.5 Å². The van der Waals surface area contributed by atoms with E-state index in [1.54, 1.807) is 50.7 Å². The Morgan fingerprint density at radius 1 is 1.00 bits per heavy atom. The van der Waals surface area contributed by atoms with Crippen LogP contribution in [-0.4, -0.2) is 19.2 Å². The lowest BCUT2D eigenvalue weighted by Gasteiger charge is -2.09. The van der Waals surface area contributed by atoms with E-state index >= 15 is 0 Å². The Morgan fingerprint density at radius 2 is 1.72 bits per heavy atom. The van der Waals surface area contributed by atoms with E-state index in [2.05, 4.69) is 4.98 Å². The number of hydrogen-bond acceptors (Lipinski definition) is 5. The van der Waals surface area contributed by atoms with E-state index in [1.165, 1.54) is 0 Å². The average molecular weight is 246 g/mol. The minimum Gasteiger partial charge on any atom is -0.497 e. The molecular formula is C13H14N2O3. The molecule has 0 bridgehead atoms. The monoisotopic (exact) mass is 246 g/mol. The van der Waals surface area contributed by atoms with E-state index in [1.807, 2.05) is 0 Å². The summed E-state index contributed by atoms with van der Waals surface area (Å²) in [7, 11) is 3.17. The summed E-state index contributed by atoms with van der Waals surface area (Å²) in [5.74, 6) is 2.29. The quantitative estimate of drug-likeness (QED) is 0.839. The lowest BCUT2D eigenvalue weighted by atomic mass is 10.3. The second-order valence-electron chi connectivity index (χ2n) is 3.54. The summed E-state index contributed by atoms with van der Waals surface area (Å²) in [6.45, 7) is 0. The summed E-state index contributed by atoms with van der Waals surface area (Å²) in [6.07, 6.45) is 1.58. The molecule has 0 atom stereocenters. The van der Waals surface area contributed by atoms with Gasteiger partial charge in [0.15, 0.2) is 5.75 Å². The van der Waals surface area contributed by atoms with Gasteiger partial charge in [0.25, 0.3) is 0 Å². The molecule has 2 N–H and O–H groups in total. The van der Waals surface area contributed by atoms with E-state index in [0.29, 0.717) is 28.8 Å². The number of nitrogen functional groups attached to an aromatic ring is 1. The van der Waals surface area contributed by atoms with Crippen LogP contribution in [0, 0.1) is 0 Å². The zero-order valence-electron chi connectivity index (χ0n) is 10.2. The fourth-order valence-corrected chi connectivity index (χ4v) is 1.39. The lowest BCUT2D eigenvalue weighted by Crippen LogP contribution is -1.95. The molecule has 2 aromatic rings. The second kappa shape index (κ2) is 5.27. The highest BCUT2D eigenvalue weighted by molar-refractivity contribution is 5.56. The summed E-state index contributed by atoms with van der Waals surface area (Å²) in [6, 6.07) is 8.67. The van der Waals surface area contributed by atoms with Gasteiger partial charge in [0.2, 0.25) is 5.88 Å². The maximum Gasteiger partial charge on any atom is 0.219 e. The Bertz CT molecular complexity index is 526. The Kier molecular flexibility index (Phi) is 3.52. The van der Waals surface area contributed by atoms with E-state index in [-0.39, 0.29) is 0 Å². The largest absolute Gasteiger partial charge is 0.497 e. The molecule has 2 rings (SSSR count). The fourth-order valence-electron chi connectivity index (χ4n) is 1.39. The highest BCUT2D eigenvalue weighted by Gasteiger charge is 2.05. The molecule has 0 radical (unpaired) electrons. The Hall–Kier alpha value is -2.43. The van der Waals surface area contributed by atoms with Gasteiger partial charge in [-0.05, 0) is 18.2 Å². The van der Waals surface area contributed by atoms with Gasteiger partial charge in [-0.15, -0.1) is 0 Å². The van der Waals surface area contributed by atoms with E-state index in [0.717, 1.165) is 0 Å². The Labute approximate surface area is 105 Å². The maximum atomic E-state index is 5.82. The van der Waals surface area contributed by atoms with Gasteiger partial charge < -0.3 is 19.9 Å². The highest BCUT2D eigenvalue weighted by Crippen LogP contribution is 2.30. The van der Waals surface area contributed by atoms with Crippen molar-refractivity contribution in [1.29, 1.82) is 0 Å². The van der Waals surface area contributed by atoms with Gasteiger partial charge in [0, 0.05) is 12.1 Å². The molecule has 0 aliphatic carbocycles. The van der Waals surface area contributed by atoms with Crippen molar-refractivity contribution < 1.29 is 14.2 Å². The van der Waals surface area contributed by atoms with Crippen LogP contribution in [0.5, 0.6) is 23.1 Å². The number of anilines is 1. The first kappa shape index (κ1) is 12.0. The maximum absolute atomic E-state index is 5.82. The summed E-state index contributed by atoms with van der Waals surface area (Å²) >= 11 is 0. The molecule has 5 nitrogen and oxygen atoms in total. The minimum atomic E-state index is 0.441. The third-order valence-electron chi connectivity index (χ3n) is 2.38. The van der Waals surface area contributed by atoms with Crippen LogP contribution < -0.4 is 19.9 Å². The van der Waals surface area contributed by atoms with Crippen LogP contribution in [0.2, 0.25) is 0 Å². The van der Waals surface area contributed by atoms with Gasteiger partial charge in [-0.3, -0.25) is 0 Å². The zero-order valence-corrected chi connectivity index (χ0v) is 10.2. The number of pyridine rings is 1. The number of nitrogens with two attached hydrogens (primary N) is 1. The molecule has 0 aliphatic heterocycles. The molecule has 0 unspecified atom stereocenters. The molecule has 0 amide bonds. The smallest absolute Gasteiger partial charge is 0.219 e. The number of rotatable bonds is 4. The van der Waals surface area contributed by atoms with E-state index < -0.39 is 0 Å². The first-order valence-electron chi connectivity index (χ1n) is 5.34. The first-order valence-corrected chi connectivity index (χ1v) is 5.34. The van der Waals surface area contributed by atoms with Crippen molar-refractivity contribution in [1.82, 2.24) is 4.98 Å². The number of hydrogen-bond donors (Lipinski definition) is 1. The lowest BCUT2D eigenvalue weighted by molar-refractivity contribution is 0.403. The zero-order chi connectivity index (χ0) is 13.0. The van der Waals surface area contributed by atoms with Crippen LogP contribution in [0.1, 0.15) is 0 Å². The molecule has 0 aliphatic rings. The van der Waals surface area contributed by atoms with Crippen molar-refractivity contribution in [2.24, 2.45) is 0 Å². The van der Waals surface area contributed by atoms with E-state index in [4.69, 9.17) is 19.9 Å². The van der Waals surface area contributed by atoms with Gasteiger partial charge in [-0.2, -0.15) is 0 Å². The van der Waals surface area contributed by atoms with Crippen molar-refractivity contribution >= 4 is 5.69 Å². The van der Waals surface area contributed by atoms with E-state index in [9.17, 15) is 0 Å². The van der Waals surface area contributed by atoms with Crippen LogP contribution in [-0.2, 0) is 0 Å². The Morgan fingerprint density at radius 3 is 2.33 bits per heavy atom. The van der Waals surface area contributed by atoms with Crippen molar-refractivity contribution in [2.45, 2.75) is 0 Å². The van der Waals surface area contributed by atoms with Crippen LogP contribution in [0.4, 0.5) is 5.69 Å².